The second-order valence-electron chi connectivity index (χ2n) is 4.86. The Kier molecular flexibility index (Phi) is 4.66. The van der Waals surface area contributed by atoms with E-state index in [1.165, 1.54) is 0 Å². The fourth-order valence-corrected chi connectivity index (χ4v) is 1.82. The van der Waals surface area contributed by atoms with Gasteiger partial charge in [0, 0.05) is 6.04 Å². The van der Waals surface area contributed by atoms with Crippen LogP contribution in [-0.2, 0) is 0 Å². The summed E-state index contributed by atoms with van der Waals surface area (Å²) in [7, 11) is 5.57. The zero-order valence-electron chi connectivity index (χ0n) is 8.72. The van der Waals surface area contributed by atoms with E-state index in [-0.39, 0.29) is 16.9 Å². The first kappa shape index (κ1) is 12.8. The molecule has 2 N–H and O–H groups in total. The molecule has 0 aliphatic carbocycles. The number of rotatable bonds is 4. The van der Waals surface area contributed by atoms with E-state index in [4.69, 9.17) is 5.73 Å². The minimum Gasteiger partial charge on any atom is -0.327 e. The van der Waals surface area contributed by atoms with Crippen LogP contribution >= 0.6 is 18.5 Å². The first-order valence-electron chi connectivity index (χ1n) is 4.43. The second-order valence-corrected chi connectivity index (χ2v) is 5.68. The Morgan fingerprint density at radius 3 is 1.42 bits per heavy atom. The maximum absolute atomic E-state index is 6.22. The molecule has 0 aromatic heterocycles. The van der Waals surface area contributed by atoms with Gasteiger partial charge in [0.05, 0.1) is 0 Å². The second kappa shape index (κ2) is 4.36. The van der Waals surface area contributed by atoms with Gasteiger partial charge in [0.2, 0.25) is 0 Å². The number of hydrogen-bond acceptors (Lipinski definition) is 1. The summed E-state index contributed by atoms with van der Waals surface area (Å²) in [4.78, 5) is 0. The predicted octanol–water partition coefficient (Wildman–Crippen LogP) is 2.12. The molecule has 0 amide bonds. The normalized spacial score (nSPS) is 14.0. The van der Waals surface area contributed by atoms with Gasteiger partial charge in [-0.05, 0) is 23.2 Å². The van der Waals surface area contributed by atoms with Gasteiger partial charge in [-0.15, -0.1) is 18.5 Å². The molecule has 0 bridgehead atoms. The summed E-state index contributed by atoms with van der Waals surface area (Å²) >= 11 is 0. The van der Waals surface area contributed by atoms with Crippen molar-refractivity contribution in [3.8, 4) is 0 Å². The molecule has 0 fully saturated rings. The maximum Gasteiger partial charge on any atom is 0.0148 e. The Morgan fingerprint density at radius 1 is 1.00 bits per heavy atom. The zero-order chi connectivity index (χ0) is 9.99. The van der Waals surface area contributed by atoms with Crippen LogP contribution < -0.4 is 5.73 Å². The van der Waals surface area contributed by atoms with Crippen molar-refractivity contribution in [1.82, 2.24) is 0 Å². The van der Waals surface area contributed by atoms with Gasteiger partial charge < -0.3 is 5.73 Å². The Bertz CT molecular complexity index is 127. The molecule has 0 aromatic carbocycles. The van der Waals surface area contributed by atoms with E-state index < -0.39 is 0 Å². The molecule has 0 saturated heterocycles. The lowest BCUT2D eigenvalue weighted by Crippen LogP contribution is -2.50. The third kappa shape index (κ3) is 2.95. The van der Waals surface area contributed by atoms with Crippen molar-refractivity contribution in [2.24, 2.45) is 16.6 Å². The average Bonchev–Trinajstić information content (AvgIpc) is 2.03. The summed E-state index contributed by atoms with van der Waals surface area (Å²) in [5, 5.41) is 0. The van der Waals surface area contributed by atoms with Crippen molar-refractivity contribution >= 4 is 18.5 Å². The van der Waals surface area contributed by atoms with Crippen molar-refractivity contribution in [1.29, 1.82) is 0 Å². The predicted molar refractivity (Wildman–Crippen MR) is 64.7 cm³/mol. The molecule has 0 aliphatic rings. The third-order valence-corrected chi connectivity index (χ3v) is 4.84. The molecule has 0 saturated carbocycles. The number of nitrogens with two attached hydrogens (primary N) is 1. The van der Waals surface area contributed by atoms with Crippen molar-refractivity contribution < 1.29 is 0 Å². The Labute approximate surface area is 81.7 Å². The topological polar surface area (TPSA) is 26.0 Å². The zero-order valence-corrected chi connectivity index (χ0v) is 11.0. The summed E-state index contributed by atoms with van der Waals surface area (Å²) < 4.78 is 0. The van der Waals surface area contributed by atoms with Crippen LogP contribution in [0.3, 0.4) is 0 Å². The van der Waals surface area contributed by atoms with Gasteiger partial charge in [-0.25, -0.2) is 0 Å². The molecule has 2 unspecified atom stereocenters. The van der Waals surface area contributed by atoms with E-state index in [9.17, 15) is 0 Å². The van der Waals surface area contributed by atoms with E-state index in [2.05, 4.69) is 46.2 Å². The Balaban J connectivity index is 4.47. The Hall–Kier alpha value is 0.820. The van der Waals surface area contributed by atoms with Crippen LogP contribution in [0.1, 0.15) is 27.7 Å². The molecular weight excluding hydrogens is 184 g/mol. The smallest absolute Gasteiger partial charge is 0.0148 e. The van der Waals surface area contributed by atoms with Gasteiger partial charge in [-0.1, -0.05) is 27.7 Å². The quantitative estimate of drug-likeness (QED) is 0.702. The van der Waals surface area contributed by atoms with Crippen molar-refractivity contribution in [2.75, 3.05) is 12.3 Å². The van der Waals surface area contributed by atoms with Crippen LogP contribution in [0.5, 0.6) is 0 Å². The highest BCUT2D eigenvalue weighted by Gasteiger charge is 2.35. The van der Waals surface area contributed by atoms with Gasteiger partial charge in [-0.3, -0.25) is 0 Å². The van der Waals surface area contributed by atoms with Gasteiger partial charge in [0.1, 0.15) is 0 Å². The van der Waals surface area contributed by atoms with E-state index in [1.54, 1.807) is 0 Å². The molecule has 3 heteroatoms. The molecule has 0 radical (unpaired) electrons. The standard InChI is InChI=1S/C9H23NP2/c1-8(2,5-11)7(10)9(3,4)6-12/h7H,5-6,10-12H2,1-4H3. The largest absolute Gasteiger partial charge is 0.327 e. The number of hydrogen-bond donors (Lipinski definition) is 1. The van der Waals surface area contributed by atoms with Gasteiger partial charge in [0.15, 0.2) is 0 Å². The molecular formula is C9H23NP2. The Morgan fingerprint density at radius 2 is 1.25 bits per heavy atom. The van der Waals surface area contributed by atoms with E-state index in [0.717, 1.165) is 12.3 Å². The third-order valence-electron chi connectivity index (χ3n) is 2.74. The minimum atomic E-state index is 0.213. The van der Waals surface area contributed by atoms with Crippen LogP contribution in [0.4, 0.5) is 0 Å². The molecule has 1 nitrogen and oxygen atoms in total. The van der Waals surface area contributed by atoms with Crippen molar-refractivity contribution in [3.63, 3.8) is 0 Å². The van der Waals surface area contributed by atoms with Gasteiger partial charge in [-0.2, -0.15) is 0 Å². The molecule has 12 heavy (non-hydrogen) atoms. The molecule has 0 heterocycles. The van der Waals surface area contributed by atoms with Gasteiger partial charge >= 0.3 is 0 Å². The monoisotopic (exact) mass is 207 g/mol. The lowest BCUT2D eigenvalue weighted by molar-refractivity contribution is 0.188. The van der Waals surface area contributed by atoms with E-state index >= 15 is 0 Å². The highest BCUT2D eigenvalue weighted by atomic mass is 31.0. The summed E-state index contributed by atoms with van der Waals surface area (Å²) in [6, 6.07) is 0.250. The molecule has 74 valence electrons. The van der Waals surface area contributed by atoms with Crippen LogP contribution in [-0.4, -0.2) is 18.4 Å². The fourth-order valence-electron chi connectivity index (χ4n) is 1.31. The average molecular weight is 207 g/mol. The summed E-state index contributed by atoms with van der Waals surface area (Å²) in [5.74, 6) is 0. The van der Waals surface area contributed by atoms with E-state index in [0.29, 0.717) is 0 Å². The lowest BCUT2D eigenvalue weighted by Gasteiger charge is -2.41. The van der Waals surface area contributed by atoms with Crippen LogP contribution in [0.2, 0.25) is 0 Å². The first-order chi connectivity index (χ1) is 5.28. The van der Waals surface area contributed by atoms with E-state index in [1.807, 2.05) is 0 Å². The summed E-state index contributed by atoms with van der Waals surface area (Å²) in [6.45, 7) is 8.92. The fraction of sp³-hybridized carbons (Fsp3) is 1.00. The summed E-state index contributed by atoms with van der Waals surface area (Å²) in [6.07, 6.45) is 2.12. The van der Waals surface area contributed by atoms with Crippen LogP contribution in [0.15, 0.2) is 0 Å². The van der Waals surface area contributed by atoms with Crippen molar-refractivity contribution in [2.45, 2.75) is 33.7 Å². The van der Waals surface area contributed by atoms with Gasteiger partial charge in [0.25, 0.3) is 0 Å². The molecule has 0 rings (SSSR count). The minimum absolute atomic E-state index is 0.213. The molecule has 0 aromatic rings. The van der Waals surface area contributed by atoms with Crippen molar-refractivity contribution in [3.05, 3.63) is 0 Å². The van der Waals surface area contributed by atoms with Crippen LogP contribution in [0, 0.1) is 10.8 Å². The maximum atomic E-state index is 6.22. The molecule has 0 aliphatic heterocycles. The SMILES string of the molecule is CC(C)(CP)C(N)C(C)(C)CP. The molecule has 2 atom stereocenters. The molecule has 0 spiro atoms. The highest BCUT2D eigenvalue weighted by molar-refractivity contribution is 7.16. The summed E-state index contributed by atoms with van der Waals surface area (Å²) in [5.41, 5.74) is 6.65. The first-order valence-corrected chi connectivity index (χ1v) is 6.07. The highest BCUT2D eigenvalue weighted by Crippen LogP contribution is 2.35. The van der Waals surface area contributed by atoms with Crippen LogP contribution in [0.25, 0.3) is 0 Å². The lowest BCUT2D eigenvalue weighted by atomic mass is 9.72.